The fourth-order valence-corrected chi connectivity index (χ4v) is 4.07. The maximum Gasteiger partial charge on any atom is 0.265 e. The van der Waals surface area contributed by atoms with Crippen LogP contribution >= 0.6 is 0 Å². The summed E-state index contributed by atoms with van der Waals surface area (Å²) in [7, 11) is 1.41. The van der Waals surface area contributed by atoms with Crippen molar-refractivity contribution >= 4 is 22.6 Å². The van der Waals surface area contributed by atoms with Crippen molar-refractivity contribution in [1.82, 2.24) is 25.5 Å². The van der Waals surface area contributed by atoms with Crippen molar-refractivity contribution in [2.75, 3.05) is 12.8 Å². The molecule has 8 nitrogen and oxygen atoms in total. The third-order valence-electron chi connectivity index (χ3n) is 6.02. The van der Waals surface area contributed by atoms with Gasteiger partial charge in [0, 0.05) is 35.6 Å². The van der Waals surface area contributed by atoms with Gasteiger partial charge in [0.05, 0.1) is 35.0 Å². The highest BCUT2D eigenvalue weighted by molar-refractivity contribution is 6.05. The van der Waals surface area contributed by atoms with E-state index in [1.165, 1.54) is 31.4 Å². The lowest BCUT2D eigenvalue weighted by atomic mass is 10.0. The molecule has 0 saturated heterocycles. The molecule has 0 saturated carbocycles. The number of ether oxygens (including phenoxy) is 1. The predicted molar refractivity (Wildman–Crippen MR) is 136 cm³/mol. The molecule has 0 bridgehead atoms. The van der Waals surface area contributed by atoms with Gasteiger partial charge in [0.15, 0.2) is 5.82 Å². The number of hydrogen-bond donors (Lipinski definition) is 3. The molecule has 2 aromatic carbocycles. The first-order valence-corrected chi connectivity index (χ1v) is 11.4. The second kappa shape index (κ2) is 10.2. The third-order valence-corrected chi connectivity index (χ3v) is 6.02. The van der Waals surface area contributed by atoms with Gasteiger partial charge < -0.3 is 15.8 Å². The molecule has 0 unspecified atom stereocenters. The zero-order valence-electron chi connectivity index (χ0n) is 20.0. The Labute approximate surface area is 214 Å². The zero-order valence-corrected chi connectivity index (χ0v) is 20.0. The Balaban J connectivity index is 1.38. The second-order valence-electron chi connectivity index (χ2n) is 8.38. The van der Waals surface area contributed by atoms with Crippen LogP contribution in [0.3, 0.4) is 0 Å². The lowest BCUT2D eigenvalue weighted by molar-refractivity contribution is 0.0947. The van der Waals surface area contributed by atoms with E-state index in [1.807, 2.05) is 24.3 Å². The molecular weight excluding hydrogens is 497 g/mol. The van der Waals surface area contributed by atoms with Crippen molar-refractivity contribution in [2.45, 2.75) is 13.0 Å². The van der Waals surface area contributed by atoms with Gasteiger partial charge in [0.1, 0.15) is 11.6 Å². The van der Waals surface area contributed by atoms with E-state index < -0.39 is 18.1 Å². The monoisotopic (exact) mass is 518 g/mol. The van der Waals surface area contributed by atoms with Gasteiger partial charge in [-0.15, -0.1) is 0 Å². The fourth-order valence-electron chi connectivity index (χ4n) is 4.07. The van der Waals surface area contributed by atoms with Crippen molar-refractivity contribution < 1.29 is 22.7 Å². The highest BCUT2D eigenvalue weighted by atomic mass is 19.3. The molecule has 38 heavy (non-hydrogen) atoms. The SMILES string of the molecule is COc1ccc(F)cc1C(=O)NCc1ccc(-c2ncc(-c3ccc(C(F)F)cn3)c3[nH]nc(N)c23)cc1. The minimum atomic E-state index is -2.61. The molecule has 5 rings (SSSR count). The van der Waals surface area contributed by atoms with E-state index in [-0.39, 0.29) is 29.2 Å². The topological polar surface area (TPSA) is 119 Å². The van der Waals surface area contributed by atoms with Crippen molar-refractivity contribution in [3.63, 3.8) is 0 Å². The fraction of sp³-hybridized carbons (Fsp3) is 0.111. The van der Waals surface area contributed by atoms with Crippen LogP contribution in [0.5, 0.6) is 5.75 Å². The normalized spacial score (nSPS) is 11.2. The average molecular weight is 518 g/mol. The van der Waals surface area contributed by atoms with E-state index in [4.69, 9.17) is 10.5 Å². The predicted octanol–water partition coefficient (Wildman–Crippen LogP) is 5.28. The largest absolute Gasteiger partial charge is 0.496 e. The van der Waals surface area contributed by atoms with Crippen molar-refractivity contribution in [1.29, 1.82) is 0 Å². The molecule has 1 amide bonds. The quantitative estimate of drug-likeness (QED) is 0.270. The first-order valence-electron chi connectivity index (χ1n) is 11.4. The number of amides is 1. The van der Waals surface area contributed by atoms with Crippen LogP contribution in [0.1, 0.15) is 27.9 Å². The molecule has 0 radical (unpaired) electrons. The van der Waals surface area contributed by atoms with Crippen molar-refractivity contribution in [3.8, 4) is 28.3 Å². The van der Waals surface area contributed by atoms with E-state index in [2.05, 4.69) is 25.5 Å². The van der Waals surface area contributed by atoms with Crippen LogP contribution in [-0.4, -0.2) is 33.2 Å². The van der Waals surface area contributed by atoms with E-state index in [9.17, 15) is 18.0 Å². The maximum absolute atomic E-state index is 13.6. The summed E-state index contributed by atoms with van der Waals surface area (Å²) < 4.78 is 44.6. The number of fused-ring (bicyclic) bond motifs is 1. The number of nitrogens with two attached hydrogens (primary N) is 1. The second-order valence-corrected chi connectivity index (χ2v) is 8.38. The maximum atomic E-state index is 13.6. The molecule has 3 heterocycles. The summed E-state index contributed by atoms with van der Waals surface area (Å²) >= 11 is 0. The summed E-state index contributed by atoms with van der Waals surface area (Å²) in [5.74, 6) is -0.500. The number of rotatable bonds is 7. The molecule has 192 valence electrons. The number of hydrogen-bond acceptors (Lipinski definition) is 6. The first-order chi connectivity index (χ1) is 18.4. The summed E-state index contributed by atoms with van der Waals surface area (Å²) in [6, 6.07) is 13.8. The molecule has 0 atom stereocenters. The number of nitrogens with zero attached hydrogens (tertiary/aromatic N) is 3. The molecular formula is C27H21F3N6O2. The molecule has 0 aliphatic carbocycles. The van der Waals surface area contributed by atoms with Crippen LogP contribution in [0, 0.1) is 5.82 Å². The number of anilines is 1. The van der Waals surface area contributed by atoms with Gasteiger partial charge in [0.25, 0.3) is 12.3 Å². The average Bonchev–Trinajstić information content (AvgIpc) is 3.33. The Morgan fingerprint density at radius 1 is 1.08 bits per heavy atom. The van der Waals surface area contributed by atoms with Crippen LogP contribution in [0.4, 0.5) is 19.0 Å². The van der Waals surface area contributed by atoms with Gasteiger partial charge in [0.2, 0.25) is 0 Å². The van der Waals surface area contributed by atoms with Crippen LogP contribution in [0.2, 0.25) is 0 Å². The Bertz CT molecular complexity index is 1620. The smallest absolute Gasteiger partial charge is 0.265 e. The minimum absolute atomic E-state index is 0.101. The van der Waals surface area contributed by atoms with Gasteiger partial charge in [-0.1, -0.05) is 24.3 Å². The number of carbonyl (C=O) groups is 1. The van der Waals surface area contributed by atoms with Gasteiger partial charge in [-0.25, -0.2) is 13.2 Å². The number of benzene rings is 2. The molecule has 4 N–H and O–H groups in total. The number of halogens is 3. The highest BCUT2D eigenvalue weighted by Gasteiger charge is 2.18. The number of pyridine rings is 2. The number of H-pyrrole nitrogens is 1. The molecule has 0 aliphatic rings. The van der Waals surface area contributed by atoms with Crippen LogP contribution in [0.15, 0.2) is 67.0 Å². The van der Waals surface area contributed by atoms with Gasteiger partial charge >= 0.3 is 0 Å². The van der Waals surface area contributed by atoms with Gasteiger partial charge in [-0.3, -0.25) is 19.9 Å². The van der Waals surface area contributed by atoms with Crippen molar-refractivity contribution in [2.24, 2.45) is 0 Å². The number of methoxy groups -OCH3 is 1. The summed E-state index contributed by atoms with van der Waals surface area (Å²) in [6.45, 7) is 0.203. The Morgan fingerprint density at radius 3 is 2.55 bits per heavy atom. The standard InChI is InChI=1S/C27H21F3N6O2/c1-38-21-9-7-17(28)10-18(21)27(37)34-11-14-2-4-15(5-3-14)23-22-24(35-36-26(22)31)19(13-33-23)20-8-6-16(12-32-20)25(29)30/h2-10,12-13,25H,11H2,1H3,(H,34,37)(H3,31,35,36). The molecule has 0 fully saturated rings. The van der Waals surface area contributed by atoms with Crippen LogP contribution < -0.4 is 15.8 Å². The van der Waals surface area contributed by atoms with Gasteiger partial charge in [-0.2, -0.15) is 5.10 Å². The highest BCUT2D eigenvalue weighted by Crippen LogP contribution is 2.35. The molecule has 3 aromatic heterocycles. The molecule has 0 spiro atoms. The third kappa shape index (κ3) is 4.73. The first kappa shape index (κ1) is 24.8. The van der Waals surface area contributed by atoms with Crippen LogP contribution in [0.25, 0.3) is 33.4 Å². The van der Waals surface area contributed by atoms with E-state index in [0.717, 1.165) is 23.4 Å². The molecule has 11 heteroatoms. The zero-order chi connectivity index (χ0) is 26.8. The van der Waals surface area contributed by atoms with Gasteiger partial charge in [-0.05, 0) is 35.9 Å². The number of nitrogen functional groups attached to an aromatic ring is 1. The lowest BCUT2D eigenvalue weighted by Crippen LogP contribution is -2.23. The number of carbonyl (C=O) groups excluding carboxylic acids is 1. The Morgan fingerprint density at radius 2 is 1.87 bits per heavy atom. The number of alkyl halides is 2. The van der Waals surface area contributed by atoms with Crippen molar-refractivity contribution in [3.05, 3.63) is 89.5 Å². The number of aromatic amines is 1. The minimum Gasteiger partial charge on any atom is -0.496 e. The van der Waals surface area contributed by atoms with E-state index in [0.29, 0.717) is 27.9 Å². The van der Waals surface area contributed by atoms with E-state index in [1.54, 1.807) is 6.20 Å². The number of nitrogens with one attached hydrogen (secondary N) is 2. The summed E-state index contributed by atoms with van der Waals surface area (Å²) in [6.07, 6.45) is 0.0990. The summed E-state index contributed by atoms with van der Waals surface area (Å²) in [4.78, 5) is 21.3. The Hall–Kier alpha value is -4.93. The lowest BCUT2D eigenvalue weighted by Gasteiger charge is -2.11. The summed E-state index contributed by atoms with van der Waals surface area (Å²) in [5.41, 5.74) is 9.77. The molecule has 0 aliphatic heterocycles. The van der Waals surface area contributed by atoms with Crippen LogP contribution in [-0.2, 0) is 6.54 Å². The number of aromatic nitrogens is 4. The van der Waals surface area contributed by atoms with E-state index >= 15 is 0 Å². The molecule has 5 aromatic rings. The summed E-state index contributed by atoms with van der Waals surface area (Å²) in [5, 5.41) is 10.3. The Kier molecular flexibility index (Phi) is 6.65.